The summed E-state index contributed by atoms with van der Waals surface area (Å²) in [5, 5.41) is 0. The van der Waals surface area contributed by atoms with Gasteiger partial charge in [0.05, 0.1) is 0 Å². The minimum atomic E-state index is -0.390. The minimum absolute atomic E-state index is 0. The number of rotatable bonds is 1. The van der Waals surface area contributed by atoms with Crippen molar-refractivity contribution in [2.75, 3.05) is 18.5 Å². The van der Waals surface area contributed by atoms with E-state index in [0.717, 1.165) is 32.4 Å². The monoisotopic (exact) mass is 300 g/mol. The number of urea groups is 1. The fourth-order valence-corrected chi connectivity index (χ4v) is 2.31. The van der Waals surface area contributed by atoms with Gasteiger partial charge in [-0.15, -0.1) is 0 Å². The second-order valence-electron chi connectivity index (χ2n) is 4.60. The molecule has 1 aliphatic heterocycles. The second kappa shape index (κ2) is 6.86. The van der Waals surface area contributed by atoms with Crippen LogP contribution in [0.1, 0.15) is 19.3 Å². The number of H-pyrrole nitrogens is 1. The van der Waals surface area contributed by atoms with Gasteiger partial charge < -0.3 is 4.90 Å². The van der Waals surface area contributed by atoms with E-state index in [2.05, 4.69) is 15.4 Å². The van der Waals surface area contributed by atoms with Gasteiger partial charge in [-0.3, -0.25) is 4.98 Å². The third kappa shape index (κ3) is 3.14. The maximum Gasteiger partial charge on any atom is 0.346 e. The number of aromatic nitrogens is 3. The molecule has 0 unspecified atom stereocenters. The minimum Gasteiger partial charge on any atom is -0.323 e. The van der Waals surface area contributed by atoms with Gasteiger partial charge in [-0.05, 0) is 31.4 Å². The Morgan fingerprint density at radius 1 is 1.30 bits per heavy atom. The van der Waals surface area contributed by atoms with Crippen molar-refractivity contribution in [3.8, 4) is 0 Å². The van der Waals surface area contributed by atoms with E-state index in [4.69, 9.17) is 0 Å². The summed E-state index contributed by atoms with van der Waals surface area (Å²) in [5.41, 5.74) is 3.26. The van der Waals surface area contributed by atoms with Crippen LogP contribution in [0.4, 0.5) is 4.79 Å². The smallest absolute Gasteiger partial charge is 0.323 e. The van der Waals surface area contributed by atoms with Crippen LogP contribution >= 0.6 is 0 Å². The van der Waals surface area contributed by atoms with Crippen molar-refractivity contribution in [3.63, 3.8) is 0 Å². The Morgan fingerprint density at radius 2 is 2.05 bits per heavy atom. The predicted octanol–water partition coefficient (Wildman–Crippen LogP) is 0.493. The van der Waals surface area contributed by atoms with E-state index < -0.39 is 0 Å². The van der Waals surface area contributed by atoms with Crippen molar-refractivity contribution in [2.24, 2.45) is 0 Å². The first-order chi connectivity index (χ1) is 9.25. The van der Waals surface area contributed by atoms with Crippen LogP contribution in [-0.4, -0.2) is 90.0 Å². The first-order valence-electron chi connectivity index (χ1n) is 6.37. The van der Waals surface area contributed by atoms with Crippen LogP contribution in [0.5, 0.6) is 0 Å². The zero-order valence-corrected chi connectivity index (χ0v) is 14.5. The van der Waals surface area contributed by atoms with Crippen LogP contribution in [0.15, 0.2) is 23.1 Å². The zero-order valence-electron chi connectivity index (χ0n) is 11.4. The van der Waals surface area contributed by atoms with E-state index in [9.17, 15) is 9.59 Å². The molecule has 2 amide bonds. The van der Waals surface area contributed by atoms with Gasteiger partial charge in [0, 0.05) is 70.7 Å². The number of pyridine rings is 1. The second-order valence-corrected chi connectivity index (χ2v) is 4.60. The maximum absolute atomic E-state index is 12.1. The molecule has 1 fully saturated rings. The summed E-state index contributed by atoms with van der Waals surface area (Å²) in [7, 11) is 0. The summed E-state index contributed by atoms with van der Waals surface area (Å²) in [5.74, 6) is 0. The number of carbonyl (C=O) groups excluding carboxylic acids is 1. The van der Waals surface area contributed by atoms with E-state index in [1.54, 1.807) is 23.2 Å². The van der Waals surface area contributed by atoms with Gasteiger partial charge in [-0.25, -0.2) is 20.0 Å². The number of hydrogen-bond acceptors (Lipinski definition) is 3. The Labute approximate surface area is 158 Å². The molecule has 0 bridgehead atoms. The molecule has 3 heterocycles. The molecule has 1 saturated heterocycles. The molecule has 101 valence electrons. The number of amides is 2. The van der Waals surface area contributed by atoms with Gasteiger partial charge in [0.25, 0.3) is 0 Å². The number of likely N-dealkylation sites (tertiary alicyclic amines) is 1. The molecule has 1 radical (unpaired) electrons. The van der Waals surface area contributed by atoms with E-state index >= 15 is 0 Å². The predicted molar refractivity (Wildman–Crippen MR) is 76.3 cm³/mol. The number of piperidine rings is 1. The van der Waals surface area contributed by atoms with Gasteiger partial charge in [-0.2, -0.15) is 4.68 Å². The molecule has 2 N–H and O–H groups in total. The number of carbonyl (C=O) groups is 1. The van der Waals surface area contributed by atoms with E-state index in [-0.39, 0.29) is 63.1 Å². The van der Waals surface area contributed by atoms with Gasteiger partial charge in [0.2, 0.25) is 0 Å². The topological polar surface area (TPSA) is 83.0 Å². The normalized spacial score (nSPS) is 14.9. The van der Waals surface area contributed by atoms with Crippen molar-refractivity contribution in [1.29, 1.82) is 0 Å². The zero-order chi connectivity index (χ0) is 13.2. The molecule has 0 atom stereocenters. The average molecular weight is 300 g/mol. The largest absolute Gasteiger partial charge is 0.346 e. The Kier molecular flexibility index (Phi) is 5.39. The molecule has 0 saturated carbocycles. The SMILES string of the molecule is O=C(Nn1c(=O)[nH]c2ncccc21)N1CCCCC1.[K]. The van der Waals surface area contributed by atoms with Crippen LogP contribution in [0, 0.1) is 0 Å². The molecule has 2 aromatic rings. The number of aromatic amines is 1. The van der Waals surface area contributed by atoms with Crippen molar-refractivity contribution < 1.29 is 4.79 Å². The third-order valence-corrected chi connectivity index (χ3v) is 3.31. The molecule has 2 aromatic heterocycles. The Bertz CT molecular complexity index is 659. The third-order valence-electron chi connectivity index (χ3n) is 3.31. The summed E-state index contributed by atoms with van der Waals surface area (Å²) in [6.07, 6.45) is 4.77. The number of imidazole rings is 1. The Hall–Kier alpha value is -0.674. The number of nitrogens with zero attached hydrogens (tertiary/aromatic N) is 3. The summed E-state index contributed by atoms with van der Waals surface area (Å²) in [4.78, 5) is 32.2. The van der Waals surface area contributed by atoms with Crippen molar-refractivity contribution in [1.82, 2.24) is 19.5 Å². The Morgan fingerprint density at radius 3 is 2.80 bits per heavy atom. The number of hydrogen-bond donors (Lipinski definition) is 2. The van der Waals surface area contributed by atoms with Crippen LogP contribution in [0.3, 0.4) is 0 Å². The van der Waals surface area contributed by atoms with Crippen molar-refractivity contribution in [2.45, 2.75) is 19.3 Å². The fraction of sp³-hybridized carbons (Fsp3) is 0.417. The summed E-state index contributed by atoms with van der Waals surface area (Å²) in [6.45, 7) is 1.47. The molecule has 1 aliphatic rings. The quantitative estimate of drug-likeness (QED) is 0.752. The number of nitrogens with one attached hydrogen (secondary N) is 2. The summed E-state index contributed by atoms with van der Waals surface area (Å²) >= 11 is 0. The van der Waals surface area contributed by atoms with Crippen molar-refractivity contribution >= 4 is 68.6 Å². The van der Waals surface area contributed by atoms with Crippen molar-refractivity contribution in [3.05, 3.63) is 28.8 Å². The average Bonchev–Trinajstić information content (AvgIpc) is 2.76. The molecule has 7 nitrogen and oxygen atoms in total. The van der Waals surface area contributed by atoms with Crippen LogP contribution in [0.25, 0.3) is 11.2 Å². The van der Waals surface area contributed by atoms with Crippen LogP contribution in [0.2, 0.25) is 0 Å². The molecule has 3 rings (SSSR count). The molecular weight excluding hydrogens is 285 g/mol. The standard InChI is InChI=1S/C12H15N5O2.K/c18-11-14-10-9(5-4-6-13-10)17(11)15-12(19)16-7-2-1-3-8-16;/h4-6H,1-3,7-8H2,(H,15,19)(H,13,14,18);. The first kappa shape index (κ1) is 15.7. The maximum atomic E-state index is 12.1. The summed E-state index contributed by atoms with van der Waals surface area (Å²) < 4.78 is 1.21. The van der Waals surface area contributed by atoms with Crippen LogP contribution < -0.4 is 11.1 Å². The van der Waals surface area contributed by atoms with E-state index in [1.807, 2.05) is 0 Å². The van der Waals surface area contributed by atoms with E-state index in [0.29, 0.717) is 11.2 Å². The fourth-order valence-electron chi connectivity index (χ4n) is 2.31. The summed E-state index contributed by atoms with van der Waals surface area (Å²) in [6, 6.07) is 3.21. The van der Waals surface area contributed by atoms with Crippen LogP contribution in [-0.2, 0) is 0 Å². The Balaban J connectivity index is 0.00000147. The van der Waals surface area contributed by atoms with Gasteiger partial charge >= 0.3 is 11.7 Å². The molecule has 0 aromatic carbocycles. The number of fused-ring (bicyclic) bond motifs is 1. The molecule has 0 spiro atoms. The molecular formula is C12H15KN5O2. The first-order valence-corrected chi connectivity index (χ1v) is 6.37. The van der Waals surface area contributed by atoms with E-state index in [1.165, 1.54) is 4.68 Å². The molecule has 20 heavy (non-hydrogen) atoms. The van der Waals surface area contributed by atoms with Gasteiger partial charge in [0.1, 0.15) is 5.52 Å². The molecule has 8 heteroatoms. The molecule has 0 aliphatic carbocycles. The van der Waals surface area contributed by atoms with Gasteiger partial charge in [0.15, 0.2) is 5.65 Å². The van der Waals surface area contributed by atoms with Gasteiger partial charge in [-0.1, -0.05) is 0 Å².